The molecule has 0 fully saturated rings. The van der Waals surface area contributed by atoms with Gasteiger partial charge in [-0.3, -0.25) is 4.90 Å². The molecule has 0 aromatic heterocycles. The van der Waals surface area contributed by atoms with E-state index in [0.717, 1.165) is 19.5 Å². The second-order valence-corrected chi connectivity index (χ2v) is 2.97. The quantitative estimate of drug-likeness (QED) is 0.558. The van der Waals surface area contributed by atoms with Crippen molar-refractivity contribution in [3.05, 3.63) is 12.2 Å². The molecule has 0 spiro atoms. The fourth-order valence-corrected chi connectivity index (χ4v) is 1.32. The average molecular weight is 150 g/mol. The third kappa shape index (κ3) is 2.36. The molecule has 2 heteroatoms. The summed E-state index contributed by atoms with van der Waals surface area (Å²) in [7, 11) is 0. The Bertz CT molecular complexity index is 178. The van der Waals surface area contributed by atoms with Gasteiger partial charge in [-0.25, -0.2) is 0 Å². The van der Waals surface area contributed by atoms with E-state index in [1.54, 1.807) is 0 Å². The van der Waals surface area contributed by atoms with Crippen molar-refractivity contribution in [3.8, 4) is 6.07 Å². The van der Waals surface area contributed by atoms with Gasteiger partial charge in [0.15, 0.2) is 0 Å². The molecule has 11 heavy (non-hydrogen) atoms. The molecule has 1 aliphatic heterocycles. The van der Waals surface area contributed by atoms with E-state index in [-0.39, 0.29) is 0 Å². The smallest absolute Gasteiger partial charge is 0.0638 e. The van der Waals surface area contributed by atoms with Crippen LogP contribution in [0.25, 0.3) is 0 Å². The molecule has 0 aromatic rings. The minimum absolute atomic E-state index is 0.421. The van der Waals surface area contributed by atoms with Crippen LogP contribution in [-0.2, 0) is 0 Å². The first-order valence-electron chi connectivity index (χ1n) is 4.10. The SMILES string of the molecule is CC(CC#N)N1CC=CCC1. The highest BCUT2D eigenvalue weighted by Crippen LogP contribution is 2.08. The molecule has 0 radical (unpaired) electrons. The Labute approximate surface area is 68.1 Å². The maximum atomic E-state index is 8.47. The normalized spacial score (nSPS) is 21.1. The van der Waals surface area contributed by atoms with Gasteiger partial charge < -0.3 is 0 Å². The van der Waals surface area contributed by atoms with Crippen molar-refractivity contribution in [2.75, 3.05) is 13.1 Å². The molecule has 0 aromatic carbocycles. The molecule has 2 nitrogen and oxygen atoms in total. The van der Waals surface area contributed by atoms with Crippen molar-refractivity contribution in [1.29, 1.82) is 5.26 Å². The number of hydrogen-bond donors (Lipinski definition) is 0. The molecule has 0 bridgehead atoms. The van der Waals surface area contributed by atoms with Crippen molar-refractivity contribution in [2.45, 2.75) is 25.8 Å². The fraction of sp³-hybridized carbons (Fsp3) is 0.667. The Morgan fingerprint density at radius 1 is 1.64 bits per heavy atom. The van der Waals surface area contributed by atoms with Crippen LogP contribution in [0.1, 0.15) is 19.8 Å². The highest BCUT2D eigenvalue weighted by molar-refractivity contribution is 4.93. The van der Waals surface area contributed by atoms with Gasteiger partial charge >= 0.3 is 0 Å². The summed E-state index contributed by atoms with van der Waals surface area (Å²) in [4.78, 5) is 2.34. The van der Waals surface area contributed by atoms with Gasteiger partial charge in [-0.15, -0.1) is 0 Å². The largest absolute Gasteiger partial charge is 0.296 e. The maximum Gasteiger partial charge on any atom is 0.0638 e. The molecule has 1 heterocycles. The molecular formula is C9H14N2. The Kier molecular flexibility index (Phi) is 3.13. The van der Waals surface area contributed by atoms with Crippen molar-refractivity contribution < 1.29 is 0 Å². The van der Waals surface area contributed by atoms with Crippen LogP contribution in [0.3, 0.4) is 0 Å². The van der Waals surface area contributed by atoms with Gasteiger partial charge in [0.2, 0.25) is 0 Å². The first-order chi connectivity index (χ1) is 5.34. The molecular weight excluding hydrogens is 136 g/mol. The topological polar surface area (TPSA) is 27.0 Å². The summed E-state index contributed by atoms with van der Waals surface area (Å²) in [5.74, 6) is 0. The lowest BCUT2D eigenvalue weighted by Gasteiger charge is -2.27. The minimum Gasteiger partial charge on any atom is -0.296 e. The molecule has 1 unspecified atom stereocenters. The third-order valence-corrected chi connectivity index (χ3v) is 2.10. The van der Waals surface area contributed by atoms with Crippen molar-refractivity contribution in [2.24, 2.45) is 0 Å². The molecule has 0 N–H and O–H groups in total. The summed E-state index contributed by atoms with van der Waals surface area (Å²) >= 11 is 0. The summed E-state index contributed by atoms with van der Waals surface area (Å²) in [6.45, 7) is 4.24. The van der Waals surface area contributed by atoms with Crippen LogP contribution >= 0.6 is 0 Å². The summed E-state index contributed by atoms with van der Waals surface area (Å²) in [6.07, 6.45) is 6.16. The Balaban J connectivity index is 2.35. The zero-order valence-electron chi connectivity index (χ0n) is 6.95. The maximum absolute atomic E-state index is 8.47. The highest BCUT2D eigenvalue weighted by atomic mass is 15.1. The summed E-state index contributed by atoms with van der Waals surface area (Å²) in [5.41, 5.74) is 0. The highest BCUT2D eigenvalue weighted by Gasteiger charge is 2.12. The van der Waals surface area contributed by atoms with Crippen LogP contribution < -0.4 is 0 Å². The summed E-state index contributed by atoms with van der Waals surface area (Å²) < 4.78 is 0. The van der Waals surface area contributed by atoms with Crippen molar-refractivity contribution in [1.82, 2.24) is 4.90 Å². The molecule has 1 atom stereocenters. The molecule has 1 rings (SSSR count). The second-order valence-electron chi connectivity index (χ2n) is 2.97. The van der Waals surface area contributed by atoms with E-state index < -0.39 is 0 Å². The number of rotatable bonds is 2. The predicted octanol–water partition coefficient (Wildman–Crippen LogP) is 1.55. The number of nitrogens with zero attached hydrogens (tertiary/aromatic N) is 2. The fourth-order valence-electron chi connectivity index (χ4n) is 1.32. The van der Waals surface area contributed by atoms with Crippen LogP contribution in [0, 0.1) is 11.3 Å². The van der Waals surface area contributed by atoms with Crippen LogP contribution in [0.15, 0.2) is 12.2 Å². The first kappa shape index (κ1) is 8.29. The molecule has 0 amide bonds. The van der Waals surface area contributed by atoms with Crippen LogP contribution in [-0.4, -0.2) is 24.0 Å². The zero-order valence-corrected chi connectivity index (χ0v) is 6.95. The molecule has 0 saturated carbocycles. The lowest BCUT2D eigenvalue weighted by Crippen LogP contribution is -2.35. The van der Waals surface area contributed by atoms with Crippen molar-refractivity contribution >= 4 is 0 Å². The minimum atomic E-state index is 0.421. The van der Waals surface area contributed by atoms with E-state index in [1.165, 1.54) is 0 Å². The van der Waals surface area contributed by atoms with E-state index in [2.05, 4.69) is 30.0 Å². The zero-order chi connectivity index (χ0) is 8.10. The van der Waals surface area contributed by atoms with Crippen LogP contribution in [0.5, 0.6) is 0 Å². The second kappa shape index (κ2) is 4.15. The van der Waals surface area contributed by atoms with E-state index >= 15 is 0 Å². The van der Waals surface area contributed by atoms with Gasteiger partial charge in [0.05, 0.1) is 12.5 Å². The number of hydrogen-bond acceptors (Lipinski definition) is 2. The van der Waals surface area contributed by atoms with Crippen molar-refractivity contribution in [3.63, 3.8) is 0 Å². The molecule has 1 aliphatic rings. The lowest BCUT2D eigenvalue weighted by atomic mass is 10.1. The summed E-state index contributed by atoms with van der Waals surface area (Å²) in [6, 6.07) is 2.62. The molecule has 0 aliphatic carbocycles. The van der Waals surface area contributed by atoms with E-state index in [1.807, 2.05) is 0 Å². The van der Waals surface area contributed by atoms with E-state index in [4.69, 9.17) is 5.26 Å². The monoisotopic (exact) mass is 150 g/mol. The van der Waals surface area contributed by atoms with Gasteiger partial charge in [-0.2, -0.15) is 5.26 Å². The standard InChI is InChI=1S/C9H14N2/c1-9(5-6-10)11-7-3-2-4-8-11/h2-3,9H,4-5,7-8H2,1H3. The third-order valence-electron chi connectivity index (χ3n) is 2.10. The van der Waals surface area contributed by atoms with Crippen LogP contribution in [0.2, 0.25) is 0 Å². The lowest BCUT2D eigenvalue weighted by molar-refractivity contribution is 0.231. The van der Waals surface area contributed by atoms with E-state index in [9.17, 15) is 0 Å². The van der Waals surface area contributed by atoms with Gasteiger partial charge in [0.1, 0.15) is 0 Å². The van der Waals surface area contributed by atoms with Gasteiger partial charge in [-0.05, 0) is 13.3 Å². The van der Waals surface area contributed by atoms with Gasteiger partial charge in [0.25, 0.3) is 0 Å². The predicted molar refractivity (Wildman–Crippen MR) is 45.0 cm³/mol. The Hall–Kier alpha value is -0.810. The van der Waals surface area contributed by atoms with Gasteiger partial charge in [-0.1, -0.05) is 12.2 Å². The van der Waals surface area contributed by atoms with E-state index in [0.29, 0.717) is 12.5 Å². The summed E-state index contributed by atoms with van der Waals surface area (Å²) in [5, 5.41) is 8.47. The van der Waals surface area contributed by atoms with Crippen LogP contribution in [0.4, 0.5) is 0 Å². The average Bonchev–Trinajstić information content (AvgIpc) is 2.07. The Morgan fingerprint density at radius 3 is 3.00 bits per heavy atom. The van der Waals surface area contributed by atoms with Gasteiger partial charge in [0, 0.05) is 19.1 Å². The first-order valence-corrected chi connectivity index (χ1v) is 4.10. The number of nitriles is 1. The molecule has 60 valence electrons. The Morgan fingerprint density at radius 2 is 2.45 bits per heavy atom. The molecule has 0 saturated heterocycles.